The number of hydrogen-bond donors (Lipinski definition) is 2. The Bertz CT molecular complexity index is 1140. The molecule has 0 aliphatic carbocycles. The van der Waals surface area contributed by atoms with Crippen LogP contribution in [-0.4, -0.2) is 55.3 Å². The molecule has 8 nitrogen and oxygen atoms in total. The van der Waals surface area contributed by atoms with Crippen LogP contribution in [0.1, 0.15) is 46.8 Å². The third kappa shape index (κ3) is 5.98. The van der Waals surface area contributed by atoms with Crippen LogP contribution in [-0.2, 0) is 20.9 Å². The third-order valence-electron chi connectivity index (χ3n) is 6.77. The van der Waals surface area contributed by atoms with E-state index in [0.717, 1.165) is 16.8 Å². The standard InChI is InChI=1S/C26H28F3N3O5/c1-36-23(33)17-9-10-21-19(14-17)22-18(20(31-21)8-5-12-30-24(34)26(27,28)29)11-13-32(22)25(35)37-15-16-6-3-2-4-7-16/h2-4,6-7,9-10,14,18,20,22,31H,5,8,11-13,15H2,1H3,(H,30,34)/t18-,20-,22-/m0/s1. The van der Waals surface area contributed by atoms with Gasteiger partial charge in [0.1, 0.15) is 6.61 Å². The van der Waals surface area contributed by atoms with Gasteiger partial charge in [0.05, 0.1) is 18.7 Å². The zero-order chi connectivity index (χ0) is 26.6. The van der Waals surface area contributed by atoms with Gasteiger partial charge in [-0.05, 0) is 48.6 Å². The molecule has 0 radical (unpaired) electrons. The molecule has 1 fully saturated rings. The topological polar surface area (TPSA) is 97.0 Å². The lowest BCUT2D eigenvalue weighted by atomic mass is 9.80. The van der Waals surface area contributed by atoms with Crippen molar-refractivity contribution in [3.8, 4) is 0 Å². The average Bonchev–Trinajstić information content (AvgIpc) is 3.35. The molecule has 0 saturated carbocycles. The molecule has 37 heavy (non-hydrogen) atoms. The van der Waals surface area contributed by atoms with Crippen molar-refractivity contribution in [2.45, 2.75) is 44.1 Å². The third-order valence-corrected chi connectivity index (χ3v) is 6.77. The zero-order valence-electron chi connectivity index (χ0n) is 20.2. The molecule has 0 spiro atoms. The minimum Gasteiger partial charge on any atom is -0.465 e. The van der Waals surface area contributed by atoms with Crippen LogP contribution in [0.3, 0.4) is 0 Å². The minimum absolute atomic E-state index is 0.0667. The molecule has 3 atom stereocenters. The summed E-state index contributed by atoms with van der Waals surface area (Å²) < 4.78 is 47.9. The molecule has 0 aromatic heterocycles. The molecule has 2 aliphatic heterocycles. The summed E-state index contributed by atoms with van der Waals surface area (Å²) in [6.07, 6.45) is -3.97. The van der Waals surface area contributed by atoms with Gasteiger partial charge in [-0.2, -0.15) is 13.2 Å². The predicted octanol–water partition coefficient (Wildman–Crippen LogP) is 4.43. The molecule has 198 valence electrons. The number of benzene rings is 2. The number of ether oxygens (including phenoxy) is 2. The number of nitrogens with zero attached hydrogens (tertiary/aromatic N) is 1. The van der Waals surface area contributed by atoms with Crippen molar-refractivity contribution in [3.63, 3.8) is 0 Å². The highest BCUT2D eigenvalue weighted by Gasteiger charge is 2.46. The van der Waals surface area contributed by atoms with Crippen LogP contribution in [0, 0.1) is 5.92 Å². The fourth-order valence-electron chi connectivity index (χ4n) is 5.04. The summed E-state index contributed by atoms with van der Waals surface area (Å²) in [5.41, 5.74) is 2.67. The van der Waals surface area contributed by atoms with Gasteiger partial charge in [0.25, 0.3) is 0 Å². The molecule has 11 heteroatoms. The van der Waals surface area contributed by atoms with Crippen molar-refractivity contribution in [2.24, 2.45) is 5.92 Å². The first-order chi connectivity index (χ1) is 17.7. The van der Waals surface area contributed by atoms with E-state index in [2.05, 4.69) is 5.32 Å². The van der Waals surface area contributed by atoms with Gasteiger partial charge < -0.3 is 25.0 Å². The quantitative estimate of drug-likeness (QED) is 0.415. The van der Waals surface area contributed by atoms with Gasteiger partial charge in [0.2, 0.25) is 0 Å². The van der Waals surface area contributed by atoms with E-state index in [4.69, 9.17) is 9.47 Å². The summed E-state index contributed by atoms with van der Waals surface area (Å²) in [6, 6.07) is 13.8. The number of alkyl halides is 3. The summed E-state index contributed by atoms with van der Waals surface area (Å²) in [4.78, 5) is 38.1. The maximum Gasteiger partial charge on any atom is 0.471 e. The van der Waals surface area contributed by atoms with E-state index in [1.165, 1.54) is 7.11 Å². The molecule has 2 N–H and O–H groups in total. The van der Waals surface area contributed by atoms with Crippen molar-refractivity contribution < 1.29 is 37.0 Å². The Labute approximate surface area is 212 Å². The Morgan fingerprint density at radius 1 is 1.14 bits per heavy atom. The summed E-state index contributed by atoms with van der Waals surface area (Å²) in [7, 11) is 1.29. The number of halogens is 3. The normalized spacial score (nSPS) is 20.3. The van der Waals surface area contributed by atoms with Crippen LogP contribution < -0.4 is 10.6 Å². The van der Waals surface area contributed by atoms with Crippen LogP contribution in [0.5, 0.6) is 0 Å². The summed E-state index contributed by atoms with van der Waals surface area (Å²) >= 11 is 0. The number of carbonyl (C=O) groups is 3. The predicted molar refractivity (Wildman–Crippen MR) is 128 cm³/mol. The first-order valence-electron chi connectivity index (χ1n) is 12.0. The molecule has 0 bridgehead atoms. The summed E-state index contributed by atoms with van der Waals surface area (Å²) in [5.74, 6) is -2.53. The summed E-state index contributed by atoms with van der Waals surface area (Å²) in [5, 5.41) is 5.32. The fraction of sp³-hybridized carbons (Fsp3) is 0.423. The molecular formula is C26H28F3N3O5. The van der Waals surface area contributed by atoms with Crippen molar-refractivity contribution in [2.75, 3.05) is 25.5 Å². The Morgan fingerprint density at radius 2 is 1.89 bits per heavy atom. The van der Waals surface area contributed by atoms with Gasteiger partial charge in [-0.15, -0.1) is 0 Å². The molecule has 2 aliphatic rings. The van der Waals surface area contributed by atoms with E-state index in [1.54, 1.807) is 23.1 Å². The van der Waals surface area contributed by atoms with E-state index in [-0.39, 0.29) is 31.2 Å². The fourth-order valence-corrected chi connectivity index (χ4v) is 5.04. The van der Waals surface area contributed by atoms with Gasteiger partial charge in [0, 0.05) is 30.7 Å². The van der Waals surface area contributed by atoms with Gasteiger partial charge in [-0.25, -0.2) is 9.59 Å². The lowest BCUT2D eigenvalue weighted by Crippen LogP contribution is -2.42. The summed E-state index contributed by atoms with van der Waals surface area (Å²) in [6.45, 7) is 0.419. The molecule has 2 heterocycles. The van der Waals surface area contributed by atoms with Crippen LogP contribution >= 0.6 is 0 Å². The number of anilines is 1. The van der Waals surface area contributed by atoms with Gasteiger partial charge in [-0.1, -0.05) is 30.3 Å². The van der Waals surface area contributed by atoms with Crippen molar-refractivity contribution in [1.29, 1.82) is 0 Å². The second kappa shape index (κ2) is 11.1. The second-order valence-electron chi connectivity index (χ2n) is 9.07. The Morgan fingerprint density at radius 3 is 2.59 bits per heavy atom. The number of carbonyl (C=O) groups excluding carboxylic acids is 3. The lowest BCUT2D eigenvalue weighted by Gasteiger charge is -2.39. The van der Waals surface area contributed by atoms with Crippen LogP contribution in [0.2, 0.25) is 0 Å². The molecule has 1 saturated heterocycles. The smallest absolute Gasteiger partial charge is 0.465 e. The first kappa shape index (κ1) is 26.3. The monoisotopic (exact) mass is 519 g/mol. The van der Waals surface area contributed by atoms with Crippen molar-refractivity contribution in [3.05, 3.63) is 65.2 Å². The molecular weight excluding hydrogens is 491 g/mol. The number of rotatable bonds is 7. The number of hydrogen-bond acceptors (Lipinski definition) is 6. The maximum absolute atomic E-state index is 13.1. The number of nitrogens with one attached hydrogen (secondary N) is 2. The van der Waals surface area contributed by atoms with E-state index in [0.29, 0.717) is 31.4 Å². The second-order valence-corrected chi connectivity index (χ2v) is 9.07. The Balaban J connectivity index is 1.51. The van der Waals surface area contributed by atoms with Gasteiger partial charge in [0.15, 0.2) is 0 Å². The zero-order valence-corrected chi connectivity index (χ0v) is 20.2. The minimum atomic E-state index is -4.92. The Kier molecular flexibility index (Phi) is 7.89. The highest BCUT2D eigenvalue weighted by atomic mass is 19.4. The first-order valence-corrected chi connectivity index (χ1v) is 12.0. The van der Waals surface area contributed by atoms with E-state index >= 15 is 0 Å². The number of likely N-dealkylation sites (tertiary alicyclic amines) is 1. The molecule has 2 aromatic rings. The lowest BCUT2D eigenvalue weighted by molar-refractivity contribution is -0.173. The number of fused-ring (bicyclic) bond motifs is 3. The number of esters is 1. The average molecular weight is 520 g/mol. The number of amides is 2. The molecule has 2 amide bonds. The van der Waals surface area contributed by atoms with Gasteiger partial charge in [-0.3, -0.25) is 4.79 Å². The highest BCUT2D eigenvalue weighted by Crippen LogP contribution is 2.47. The molecule has 4 rings (SSSR count). The van der Waals surface area contributed by atoms with Crippen molar-refractivity contribution >= 4 is 23.7 Å². The maximum atomic E-state index is 13.1. The highest BCUT2D eigenvalue weighted by molar-refractivity contribution is 5.90. The SMILES string of the molecule is COC(=O)c1ccc2c(c1)[C@@H]1[C@@H](CCN1C(=O)OCc1ccccc1)[C@H](CCCNC(=O)C(F)(F)F)N2. The van der Waals surface area contributed by atoms with E-state index in [9.17, 15) is 27.6 Å². The molecule has 2 aromatic carbocycles. The molecule has 0 unspecified atom stereocenters. The van der Waals surface area contributed by atoms with E-state index in [1.807, 2.05) is 35.6 Å². The van der Waals surface area contributed by atoms with Gasteiger partial charge >= 0.3 is 24.1 Å². The van der Waals surface area contributed by atoms with Crippen LogP contribution in [0.4, 0.5) is 23.7 Å². The Hall–Kier alpha value is -3.76. The number of methoxy groups -OCH3 is 1. The van der Waals surface area contributed by atoms with Crippen LogP contribution in [0.15, 0.2) is 48.5 Å². The van der Waals surface area contributed by atoms with Crippen LogP contribution in [0.25, 0.3) is 0 Å². The van der Waals surface area contributed by atoms with Crippen molar-refractivity contribution in [1.82, 2.24) is 10.2 Å². The van der Waals surface area contributed by atoms with E-state index < -0.39 is 24.1 Å². The largest absolute Gasteiger partial charge is 0.471 e.